The molecule has 2 rings (SSSR count). The summed E-state index contributed by atoms with van der Waals surface area (Å²) in [5.41, 5.74) is 1.11. The molecule has 0 aliphatic heterocycles. The fourth-order valence-electron chi connectivity index (χ4n) is 1.71. The molecule has 1 heterocycles. The van der Waals surface area contributed by atoms with Crippen molar-refractivity contribution in [1.82, 2.24) is 10.2 Å². The van der Waals surface area contributed by atoms with Crippen molar-refractivity contribution in [2.24, 2.45) is 0 Å². The number of H-pyrrole nitrogens is 1. The van der Waals surface area contributed by atoms with E-state index in [1.807, 2.05) is 13.8 Å². The van der Waals surface area contributed by atoms with Gasteiger partial charge in [-0.05, 0) is 26.0 Å². The molecule has 0 saturated carbocycles. The van der Waals surface area contributed by atoms with Gasteiger partial charge < -0.3 is 14.8 Å². The number of rotatable bonds is 6. The van der Waals surface area contributed by atoms with E-state index in [4.69, 9.17) is 9.47 Å². The number of amides is 1. The number of aromatic nitrogens is 2. The number of carbonyl (C=O) groups is 1. The average Bonchev–Trinajstić information content (AvgIpc) is 2.96. The minimum Gasteiger partial charge on any atom is -0.490 e. The van der Waals surface area contributed by atoms with Crippen LogP contribution in [0.5, 0.6) is 11.5 Å². The van der Waals surface area contributed by atoms with Crippen LogP contribution in [0.4, 0.5) is 5.69 Å². The molecule has 0 aliphatic rings. The van der Waals surface area contributed by atoms with E-state index in [0.717, 1.165) is 0 Å². The largest absolute Gasteiger partial charge is 0.490 e. The maximum Gasteiger partial charge on any atom is 0.258 e. The number of hydrogen-bond donors (Lipinski definition) is 2. The Morgan fingerprint density at radius 2 is 2.00 bits per heavy atom. The van der Waals surface area contributed by atoms with E-state index < -0.39 is 0 Å². The minimum atomic E-state index is -0.231. The predicted octanol–water partition coefficient (Wildman–Crippen LogP) is 2.46. The molecule has 0 aliphatic carbocycles. The standard InChI is InChI=1S/C14H17N3O3/c1-3-19-12-6-5-11(7-13(12)20-4-2)17-14(18)10-8-15-16-9-10/h5-9H,3-4H2,1-2H3,(H,15,16)(H,17,18). The Morgan fingerprint density at radius 1 is 1.25 bits per heavy atom. The van der Waals surface area contributed by atoms with Crippen LogP contribution in [-0.4, -0.2) is 29.3 Å². The van der Waals surface area contributed by atoms with Crippen LogP contribution in [0, 0.1) is 0 Å². The first-order chi connectivity index (χ1) is 9.74. The lowest BCUT2D eigenvalue weighted by Crippen LogP contribution is -2.11. The summed E-state index contributed by atoms with van der Waals surface area (Å²) in [6.07, 6.45) is 3.00. The van der Waals surface area contributed by atoms with Crippen molar-refractivity contribution in [2.75, 3.05) is 18.5 Å². The molecule has 20 heavy (non-hydrogen) atoms. The highest BCUT2D eigenvalue weighted by atomic mass is 16.5. The molecule has 0 bridgehead atoms. The molecule has 0 saturated heterocycles. The van der Waals surface area contributed by atoms with Crippen LogP contribution in [0.1, 0.15) is 24.2 Å². The highest BCUT2D eigenvalue weighted by Crippen LogP contribution is 2.30. The number of hydrogen-bond acceptors (Lipinski definition) is 4. The number of anilines is 1. The number of benzene rings is 1. The molecule has 106 valence electrons. The number of aromatic amines is 1. The molecule has 6 heteroatoms. The Kier molecular flexibility index (Phi) is 4.60. The van der Waals surface area contributed by atoms with Crippen molar-refractivity contribution in [1.29, 1.82) is 0 Å². The van der Waals surface area contributed by atoms with Crippen LogP contribution in [0.2, 0.25) is 0 Å². The van der Waals surface area contributed by atoms with Gasteiger partial charge in [0, 0.05) is 18.0 Å². The maximum atomic E-state index is 11.9. The molecule has 2 aromatic rings. The van der Waals surface area contributed by atoms with Gasteiger partial charge in [-0.1, -0.05) is 0 Å². The fraction of sp³-hybridized carbons (Fsp3) is 0.286. The third kappa shape index (κ3) is 3.28. The molecule has 0 unspecified atom stereocenters. The second kappa shape index (κ2) is 6.60. The summed E-state index contributed by atoms with van der Waals surface area (Å²) in [4.78, 5) is 11.9. The Balaban J connectivity index is 2.16. The van der Waals surface area contributed by atoms with Gasteiger partial charge in [-0.25, -0.2) is 0 Å². The lowest BCUT2D eigenvalue weighted by Gasteiger charge is -2.12. The van der Waals surface area contributed by atoms with Gasteiger partial charge in [0.05, 0.1) is 25.0 Å². The second-order valence-corrected chi connectivity index (χ2v) is 3.97. The molecule has 1 aromatic carbocycles. The van der Waals surface area contributed by atoms with E-state index in [2.05, 4.69) is 15.5 Å². The summed E-state index contributed by atoms with van der Waals surface area (Å²) in [7, 11) is 0. The lowest BCUT2D eigenvalue weighted by atomic mass is 10.2. The first-order valence-corrected chi connectivity index (χ1v) is 6.44. The summed E-state index contributed by atoms with van der Waals surface area (Å²) in [6.45, 7) is 4.89. The summed E-state index contributed by atoms with van der Waals surface area (Å²) in [5.74, 6) is 1.04. The lowest BCUT2D eigenvalue weighted by molar-refractivity contribution is 0.102. The number of ether oxygens (including phenoxy) is 2. The van der Waals surface area contributed by atoms with Crippen LogP contribution in [0.3, 0.4) is 0 Å². The second-order valence-electron chi connectivity index (χ2n) is 3.97. The van der Waals surface area contributed by atoms with Crippen LogP contribution in [0.15, 0.2) is 30.6 Å². The first-order valence-electron chi connectivity index (χ1n) is 6.44. The van der Waals surface area contributed by atoms with Gasteiger partial charge in [0.1, 0.15) is 0 Å². The average molecular weight is 275 g/mol. The van der Waals surface area contributed by atoms with E-state index in [9.17, 15) is 4.79 Å². The third-order valence-electron chi connectivity index (χ3n) is 2.56. The zero-order valence-corrected chi connectivity index (χ0v) is 11.5. The number of nitrogens with one attached hydrogen (secondary N) is 2. The van der Waals surface area contributed by atoms with Crippen LogP contribution < -0.4 is 14.8 Å². The van der Waals surface area contributed by atoms with Gasteiger partial charge in [-0.15, -0.1) is 0 Å². The topological polar surface area (TPSA) is 76.2 Å². The Labute approximate surface area is 117 Å². The Bertz CT molecular complexity index is 567. The van der Waals surface area contributed by atoms with E-state index in [1.54, 1.807) is 18.2 Å². The Morgan fingerprint density at radius 3 is 2.65 bits per heavy atom. The third-order valence-corrected chi connectivity index (χ3v) is 2.56. The van der Waals surface area contributed by atoms with Crippen molar-refractivity contribution < 1.29 is 14.3 Å². The van der Waals surface area contributed by atoms with E-state index in [-0.39, 0.29) is 5.91 Å². The summed E-state index contributed by atoms with van der Waals surface area (Å²) in [6, 6.07) is 5.29. The molecular formula is C14H17N3O3. The minimum absolute atomic E-state index is 0.231. The molecule has 0 radical (unpaired) electrons. The van der Waals surface area contributed by atoms with Crippen molar-refractivity contribution in [3.05, 3.63) is 36.2 Å². The van der Waals surface area contributed by atoms with E-state index in [1.165, 1.54) is 12.4 Å². The van der Waals surface area contributed by atoms with Crippen LogP contribution >= 0.6 is 0 Å². The monoisotopic (exact) mass is 275 g/mol. The van der Waals surface area contributed by atoms with Gasteiger partial charge in [-0.3, -0.25) is 9.89 Å². The zero-order valence-electron chi connectivity index (χ0n) is 11.5. The summed E-state index contributed by atoms with van der Waals surface area (Å²) in [5, 5.41) is 9.12. The van der Waals surface area contributed by atoms with E-state index in [0.29, 0.717) is 36.0 Å². The Hall–Kier alpha value is -2.50. The fourth-order valence-corrected chi connectivity index (χ4v) is 1.71. The summed E-state index contributed by atoms with van der Waals surface area (Å²) < 4.78 is 11.0. The van der Waals surface area contributed by atoms with Gasteiger partial charge in [0.15, 0.2) is 11.5 Å². The molecule has 6 nitrogen and oxygen atoms in total. The molecular weight excluding hydrogens is 258 g/mol. The van der Waals surface area contributed by atoms with Crippen molar-refractivity contribution in [3.8, 4) is 11.5 Å². The summed E-state index contributed by atoms with van der Waals surface area (Å²) >= 11 is 0. The van der Waals surface area contributed by atoms with E-state index >= 15 is 0 Å². The molecule has 0 atom stereocenters. The molecule has 1 aromatic heterocycles. The van der Waals surface area contributed by atoms with Crippen molar-refractivity contribution in [3.63, 3.8) is 0 Å². The van der Waals surface area contributed by atoms with Crippen LogP contribution in [0.25, 0.3) is 0 Å². The molecule has 1 amide bonds. The van der Waals surface area contributed by atoms with Gasteiger partial charge in [0.2, 0.25) is 0 Å². The van der Waals surface area contributed by atoms with Crippen molar-refractivity contribution in [2.45, 2.75) is 13.8 Å². The van der Waals surface area contributed by atoms with Gasteiger partial charge >= 0.3 is 0 Å². The number of carbonyl (C=O) groups excluding carboxylic acids is 1. The van der Waals surface area contributed by atoms with Crippen molar-refractivity contribution >= 4 is 11.6 Å². The maximum absolute atomic E-state index is 11.9. The normalized spacial score (nSPS) is 10.1. The van der Waals surface area contributed by atoms with Gasteiger partial charge in [-0.2, -0.15) is 5.10 Å². The molecule has 0 fully saturated rings. The number of nitrogens with zero attached hydrogens (tertiary/aromatic N) is 1. The van der Waals surface area contributed by atoms with Crippen LogP contribution in [-0.2, 0) is 0 Å². The first kappa shape index (κ1) is 13.9. The molecule has 0 spiro atoms. The SMILES string of the molecule is CCOc1ccc(NC(=O)c2cn[nH]c2)cc1OCC. The quantitative estimate of drug-likeness (QED) is 0.849. The highest BCUT2D eigenvalue weighted by molar-refractivity contribution is 6.04. The predicted molar refractivity (Wildman–Crippen MR) is 75.3 cm³/mol. The highest BCUT2D eigenvalue weighted by Gasteiger charge is 2.10. The molecule has 2 N–H and O–H groups in total. The zero-order chi connectivity index (χ0) is 14.4. The van der Waals surface area contributed by atoms with Gasteiger partial charge in [0.25, 0.3) is 5.91 Å². The smallest absolute Gasteiger partial charge is 0.258 e.